The van der Waals surface area contributed by atoms with Crippen LogP contribution >= 0.6 is 0 Å². The first-order valence-corrected chi connectivity index (χ1v) is 7.42. The fourth-order valence-corrected chi connectivity index (χ4v) is 2.85. The first-order chi connectivity index (χ1) is 12.1. The molecule has 2 aromatic carbocycles. The van der Waals surface area contributed by atoms with Crippen LogP contribution in [-0.4, -0.2) is 10.9 Å². The topological polar surface area (TPSA) is 22.0 Å². The molecule has 136 valence electrons. The van der Waals surface area contributed by atoms with Gasteiger partial charge in [-0.25, -0.2) is 0 Å². The summed E-state index contributed by atoms with van der Waals surface area (Å²) in [6.45, 7) is -0.514. The Morgan fingerprint density at radius 2 is 1.58 bits per heavy atom. The number of nitrogens with zero attached hydrogens (tertiary/aromatic N) is 1. The van der Waals surface area contributed by atoms with Gasteiger partial charge in [-0.2, -0.15) is 26.3 Å². The summed E-state index contributed by atoms with van der Waals surface area (Å²) < 4.78 is 79.8. The maximum absolute atomic E-state index is 13.2. The van der Waals surface area contributed by atoms with Crippen molar-refractivity contribution >= 4 is 17.2 Å². The van der Waals surface area contributed by atoms with Crippen LogP contribution in [0.4, 0.5) is 26.3 Å². The van der Waals surface area contributed by atoms with E-state index in [1.807, 2.05) is 0 Å². The number of aromatic nitrogens is 1. The molecule has 1 aromatic heterocycles. The summed E-state index contributed by atoms with van der Waals surface area (Å²) in [4.78, 5) is 11.3. The maximum Gasteiger partial charge on any atom is 0.416 e. The molecule has 0 aliphatic rings. The number of hydrogen-bond donors (Lipinski definition) is 0. The van der Waals surface area contributed by atoms with Gasteiger partial charge in [0.1, 0.15) is 0 Å². The van der Waals surface area contributed by atoms with E-state index in [0.29, 0.717) is 35.4 Å². The molecule has 0 amide bonds. The summed E-state index contributed by atoms with van der Waals surface area (Å²) in [7, 11) is 0. The van der Waals surface area contributed by atoms with Gasteiger partial charge in [-0.1, -0.05) is 18.2 Å². The largest absolute Gasteiger partial charge is 0.416 e. The Morgan fingerprint density at radius 3 is 2.19 bits per heavy atom. The van der Waals surface area contributed by atoms with Crippen molar-refractivity contribution in [3.8, 4) is 0 Å². The third-order valence-corrected chi connectivity index (χ3v) is 4.03. The molecule has 0 aliphatic heterocycles. The van der Waals surface area contributed by atoms with Crippen LogP contribution in [0.25, 0.3) is 10.9 Å². The van der Waals surface area contributed by atoms with Crippen molar-refractivity contribution in [1.82, 2.24) is 4.57 Å². The summed E-state index contributed by atoms with van der Waals surface area (Å²) in [5.74, 6) is 0. The number of fused-ring (bicyclic) bond motifs is 1. The van der Waals surface area contributed by atoms with Gasteiger partial charge in [-0.3, -0.25) is 4.79 Å². The zero-order valence-corrected chi connectivity index (χ0v) is 13.0. The highest BCUT2D eigenvalue weighted by molar-refractivity contribution is 5.89. The number of aldehydes is 1. The molecule has 0 N–H and O–H groups in total. The van der Waals surface area contributed by atoms with E-state index in [-0.39, 0.29) is 5.69 Å². The SMILES string of the molecule is O=Cc1cc2ccccc2n1Cc1cc(C(F)(F)F)ccc1C(F)(F)F. The lowest BCUT2D eigenvalue weighted by molar-refractivity contribution is -0.141. The third-order valence-electron chi connectivity index (χ3n) is 4.03. The summed E-state index contributed by atoms with van der Waals surface area (Å²) in [6, 6.07) is 9.34. The van der Waals surface area contributed by atoms with E-state index < -0.39 is 35.6 Å². The molecule has 0 bridgehead atoms. The molecule has 0 spiro atoms. The molecular formula is C18H11F6NO. The lowest BCUT2D eigenvalue weighted by Gasteiger charge is -2.17. The monoisotopic (exact) mass is 371 g/mol. The molecule has 0 radical (unpaired) electrons. The minimum Gasteiger partial charge on any atom is -0.334 e. The zero-order chi connectivity index (χ0) is 19.1. The maximum atomic E-state index is 13.2. The second-order valence-electron chi connectivity index (χ2n) is 5.70. The van der Waals surface area contributed by atoms with Gasteiger partial charge in [-0.05, 0) is 35.9 Å². The van der Waals surface area contributed by atoms with Gasteiger partial charge in [-0.15, -0.1) is 0 Å². The lowest BCUT2D eigenvalue weighted by Crippen LogP contribution is -2.15. The van der Waals surface area contributed by atoms with Crippen LogP contribution in [0, 0.1) is 0 Å². The predicted octanol–water partition coefficient (Wildman–Crippen LogP) is 5.54. The molecule has 0 fully saturated rings. The summed E-state index contributed by atoms with van der Waals surface area (Å²) in [5.41, 5.74) is -2.36. The molecule has 26 heavy (non-hydrogen) atoms. The molecule has 8 heteroatoms. The number of halogens is 6. The van der Waals surface area contributed by atoms with Gasteiger partial charge < -0.3 is 4.57 Å². The van der Waals surface area contributed by atoms with Crippen molar-refractivity contribution in [1.29, 1.82) is 0 Å². The van der Waals surface area contributed by atoms with Crippen LogP contribution in [0.5, 0.6) is 0 Å². The Morgan fingerprint density at radius 1 is 0.885 bits per heavy atom. The third kappa shape index (κ3) is 3.31. The van der Waals surface area contributed by atoms with Crippen molar-refractivity contribution in [2.45, 2.75) is 18.9 Å². The van der Waals surface area contributed by atoms with E-state index in [9.17, 15) is 31.1 Å². The molecule has 2 nitrogen and oxygen atoms in total. The van der Waals surface area contributed by atoms with Crippen molar-refractivity contribution in [2.24, 2.45) is 0 Å². The predicted molar refractivity (Wildman–Crippen MR) is 82.9 cm³/mol. The molecule has 0 unspecified atom stereocenters. The molecule has 3 rings (SSSR count). The van der Waals surface area contributed by atoms with Gasteiger partial charge in [0.05, 0.1) is 16.8 Å². The molecular weight excluding hydrogens is 360 g/mol. The van der Waals surface area contributed by atoms with Gasteiger partial charge in [0.15, 0.2) is 6.29 Å². The number of para-hydroxylation sites is 1. The van der Waals surface area contributed by atoms with Crippen LogP contribution in [-0.2, 0) is 18.9 Å². The van der Waals surface area contributed by atoms with E-state index in [1.54, 1.807) is 24.3 Å². The van der Waals surface area contributed by atoms with E-state index in [4.69, 9.17) is 0 Å². The second kappa shape index (κ2) is 6.19. The van der Waals surface area contributed by atoms with Gasteiger partial charge in [0, 0.05) is 17.4 Å². The highest BCUT2D eigenvalue weighted by Gasteiger charge is 2.37. The minimum absolute atomic E-state index is 0.0803. The zero-order valence-electron chi connectivity index (χ0n) is 13.0. The van der Waals surface area contributed by atoms with Gasteiger partial charge in [0.2, 0.25) is 0 Å². The standard InChI is InChI=1S/C18H11F6NO/c19-17(20,21)13-5-6-15(18(22,23)24)12(7-13)9-25-14(10-26)8-11-3-1-2-4-16(11)25/h1-8,10H,9H2. The average Bonchev–Trinajstić information content (AvgIpc) is 2.91. The van der Waals surface area contributed by atoms with E-state index in [1.165, 1.54) is 10.6 Å². The van der Waals surface area contributed by atoms with Crippen LogP contribution in [0.2, 0.25) is 0 Å². The van der Waals surface area contributed by atoms with Gasteiger partial charge >= 0.3 is 12.4 Å². The average molecular weight is 371 g/mol. The Labute approximate surface area is 143 Å². The Kier molecular flexibility index (Phi) is 4.29. The number of benzene rings is 2. The molecule has 0 atom stereocenters. The summed E-state index contributed by atoms with van der Waals surface area (Å²) >= 11 is 0. The van der Waals surface area contributed by atoms with Crippen molar-refractivity contribution in [3.05, 3.63) is 70.9 Å². The molecule has 0 saturated heterocycles. The van der Waals surface area contributed by atoms with Crippen LogP contribution in [0.15, 0.2) is 48.5 Å². The van der Waals surface area contributed by atoms with Crippen molar-refractivity contribution in [2.75, 3.05) is 0 Å². The number of rotatable bonds is 3. The summed E-state index contributed by atoms with van der Waals surface area (Å²) in [5, 5.41) is 0.607. The highest BCUT2D eigenvalue weighted by atomic mass is 19.4. The Hall–Kier alpha value is -2.77. The first-order valence-electron chi connectivity index (χ1n) is 7.42. The smallest absolute Gasteiger partial charge is 0.334 e. The fourth-order valence-electron chi connectivity index (χ4n) is 2.85. The second-order valence-corrected chi connectivity index (χ2v) is 5.70. The fraction of sp³-hybridized carbons (Fsp3) is 0.167. The molecule has 0 saturated carbocycles. The molecule has 0 aliphatic carbocycles. The van der Waals surface area contributed by atoms with E-state index in [0.717, 1.165) is 0 Å². The minimum atomic E-state index is -4.82. The van der Waals surface area contributed by atoms with Crippen LogP contribution < -0.4 is 0 Å². The number of carbonyl (C=O) groups excluding carboxylic acids is 1. The van der Waals surface area contributed by atoms with E-state index in [2.05, 4.69) is 0 Å². The van der Waals surface area contributed by atoms with E-state index >= 15 is 0 Å². The Balaban J connectivity index is 2.19. The quantitative estimate of drug-likeness (QED) is 0.438. The van der Waals surface area contributed by atoms with Gasteiger partial charge in [0.25, 0.3) is 0 Å². The number of carbonyl (C=O) groups is 1. The lowest BCUT2D eigenvalue weighted by atomic mass is 10.0. The first kappa shape index (κ1) is 18.0. The molecule has 1 heterocycles. The van der Waals surface area contributed by atoms with Crippen molar-refractivity contribution in [3.63, 3.8) is 0 Å². The Bertz CT molecular complexity index is 968. The normalized spacial score (nSPS) is 12.5. The molecule has 3 aromatic rings. The van der Waals surface area contributed by atoms with Crippen molar-refractivity contribution < 1.29 is 31.1 Å². The highest BCUT2D eigenvalue weighted by Crippen LogP contribution is 2.37. The summed E-state index contributed by atoms with van der Waals surface area (Å²) in [6.07, 6.45) is -9.13. The van der Waals surface area contributed by atoms with Crippen LogP contribution in [0.3, 0.4) is 0 Å². The number of hydrogen-bond acceptors (Lipinski definition) is 1. The number of alkyl halides is 6. The van der Waals surface area contributed by atoms with Crippen LogP contribution in [0.1, 0.15) is 27.2 Å².